The standard InChI is InChI=1S/C12H9NSe3/c1-4-11(10-5-2-8-14-10)16-13(7-1)12-6-3-9-15-12/h1-9H. The van der Waals surface area contributed by atoms with Gasteiger partial charge in [-0.2, -0.15) is 0 Å². The number of hydrogen-bond acceptors (Lipinski definition) is 1. The molecule has 0 amide bonds. The zero-order chi connectivity index (χ0) is 10.8. The van der Waals surface area contributed by atoms with Crippen LogP contribution >= 0.6 is 0 Å². The van der Waals surface area contributed by atoms with E-state index in [0.717, 1.165) is 0 Å². The quantitative estimate of drug-likeness (QED) is 0.691. The van der Waals surface area contributed by atoms with Gasteiger partial charge in [-0.15, -0.1) is 0 Å². The predicted octanol–water partition coefficient (Wildman–Crippen LogP) is 1.79. The number of anilines is 1. The summed E-state index contributed by atoms with van der Waals surface area (Å²) >= 11 is 1.55. The maximum absolute atomic E-state index is 2.44. The molecule has 1 aliphatic rings. The van der Waals surface area contributed by atoms with E-state index in [2.05, 4.69) is 56.4 Å². The molecule has 2 aromatic rings. The molecule has 1 nitrogen and oxygen atoms in total. The Kier molecular flexibility index (Phi) is 3.40. The van der Waals surface area contributed by atoms with Crippen molar-refractivity contribution in [3.05, 3.63) is 56.9 Å². The Morgan fingerprint density at radius 3 is 2.62 bits per heavy atom. The molecule has 3 heterocycles. The summed E-state index contributed by atoms with van der Waals surface area (Å²) in [5, 5.41) is 0. The van der Waals surface area contributed by atoms with Crippen LogP contribution in [0.1, 0.15) is 4.44 Å². The molecule has 0 spiro atoms. The van der Waals surface area contributed by atoms with Gasteiger partial charge in [0, 0.05) is 0 Å². The SMILES string of the molecule is C1=CN(c2ccc[se]2)[Se]C(c2ccc[se]2)=C1. The van der Waals surface area contributed by atoms with Crippen LogP contribution in [0.4, 0.5) is 4.56 Å². The van der Waals surface area contributed by atoms with E-state index in [1.807, 2.05) is 0 Å². The number of nitrogens with zero attached hydrogens (tertiary/aromatic N) is 1. The summed E-state index contributed by atoms with van der Waals surface area (Å²) < 4.78 is 7.04. The van der Waals surface area contributed by atoms with Gasteiger partial charge >= 0.3 is 114 Å². The Bertz CT molecular complexity index is 508. The van der Waals surface area contributed by atoms with Crippen LogP contribution in [0.5, 0.6) is 0 Å². The van der Waals surface area contributed by atoms with Gasteiger partial charge in [-0.25, -0.2) is 0 Å². The van der Waals surface area contributed by atoms with Crippen LogP contribution in [0, 0.1) is 0 Å². The fraction of sp³-hybridized carbons (Fsp3) is 0. The summed E-state index contributed by atoms with van der Waals surface area (Å²) in [5.41, 5.74) is 0. The Hall–Kier alpha value is -0.202. The average Bonchev–Trinajstić information content (AvgIpc) is 3.03. The van der Waals surface area contributed by atoms with Crippen LogP contribution in [0.2, 0.25) is 0 Å². The van der Waals surface area contributed by atoms with E-state index in [0.29, 0.717) is 44.2 Å². The van der Waals surface area contributed by atoms with Gasteiger partial charge in [0.25, 0.3) is 0 Å². The second-order valence-corrected chi connectivity index (χ2v) is 9.28. The molecule has 0 bridgehead atoms. The molecule has 2 aromatic heterocycles. The molecule has 16 heavy (non-hydrogen) atoms. The molecule has 0 unspecified atom stereocenters. The zero-order valence-corrected chi connectivity index (χ0v) is 13.5. The summed E-state index contributed by atoms with van der Waals surface area (Å²) in [5.74, 6) is 0. The van der Waals surface area contributed by atoms with E-state index in [-0.39, 0.29) is 0 Å². The third-order valence-corrected chi connectivity index (χ3v) is 9.35. The molecule has 0 atom stereocenters. The fourth-order valence-electron chi connectivity index (χ4n) is 1.44. The van der Waals surface area contributed by atoms with Crippen LogP contribution in [-0.2, 0) is 0 Å². The zero-order valence-electron chi connectivity index (χ0n) is 8.37. The second-order valence-electron chi connectivity index (χ2n) is 3.22. The van der Waals surface area contributed by atoms with Gasteiger partial charge < -0.3 is 0 Å². The summed E-state index contributed by atoms with van der Waals surface area (Å²) in [6, 6.07) is 8.89. The van der Waals surface area contributed by atoms with Crippen molar-refractivity contribution in [3.63, 3.8) is 0 Å². The summed E-state index contributed by atoms with van der Waals surface area (Å²) in [6.45, 7) is 0. The van der Waals surface area contributed by atoms with Gasteiger partial charge in [0.05, 0.1) is 0 Å². The number of hydrogen-bond donors (Lipinski definition) is 0. The van der Waals surface area contributed by atoms with Crippen LogP contribution < -0.4 is 3.92 Å². The molecule has 80 valence electrons. The first-order valence-corrected chi connectivity index (χ1v) is 10.2. The second kappa shape index (κ2) is 4.97. The Balaban J connectivity index is 1.85. The van der Waals surface area contributed by atoms with Crippen molar-refractivity contribution < 1.29 is 0 Å². The average molecular weight is 404 g/mol. The summed E-state index contributed by atoms with van der Waals surface area (Å²) in [7, 11) is 0. The van der Waals surface area contributed by atoms with Gasteiger partial charge in [0.1, 0.15) is 0 Å². The molecule has 0 aromatic carbocycles. The van der Waals surface area contributed by atoms with Gasteiger partial charge in [0.15, 0.2) is 0 Å². The molecule has 0 aliphatic carbocycles. The molecule has 0 radical (unpaired) electrons. The molecule has 0 saturated carbocycles. The monoisotopic (exact) mass is 407 g/mol. The number of rotatable bonds is 2. The van der Waals surface area contributed by atoms with Crippen LogP contribution in [0.3, 0.4) is 0 Å². The van der Waals surface area contributed by atoms with Gasteiger partial charge in [0.2, 0.25) is 0 Å². The van der Waals surface area contributed by atoms with Crippen molar-refractivity contribution in [1.29, 1.82) is 0 Å². The minimum absolute atomic E-state index is 0.438. The predicted molar refractivity (Wildman–Crippen MR) is 72.1 cm³/mol. The third-order valence-electron chi connectivity index (χ3n) is 2.15. The van der Waals surface area contributed by atoms with E-state index >= 15 is 0 Å². The Morgan fingerprint density at radius 2 is 1.88 bits per heavy atom. The molecular weight excluding hydrogens is 395 g/mol. The molecule has 0 saturated heterocycles. The molecule has 0 fully saturated rings. The van der Waals surface area contributed by atoms with E-state index in [1.54, 1.807) is 8.91 Å². The van der Waals surface area contributed by atoms with Crippen molar-refractivity contribution in [3.8, 4) is 0 Å². The van der Waals surface area contributed by atoms with Gasteiger partial charge in [-0.05, 0) is 0 Å². The molecule has 0 N–H and O–H groups in total. The molecule has 4 heteroatoms. The van der Waals surface area contributed by atoms with Crippen molar-refractivity contribution >= 4 is 53.2 Å². The van der Waals surface area contributed by atoms with Crippen molar-refractivity contribution in [2.24, 2.45) is 0 Å². The van der Waals surface area contributed by atoms with Crippen molar-refractivity contribution in [1.82, 2.24) is 0 Å². The minimum atomic E-state index is 0.438. The van der Waals surface area contributed by atoms with Crippen molar-refractivity contribution in [2.75, 3.05) is 3.92 Å². The molecular formula is C12H9NSe3. The van der Waals surface area contributed by atoms with Crippen LogP contribution in [-0.4, -0.2) is 44.2 Å². The van der Waals surface area contributed by atoms with Crippen LogP contribution in [0.25, 0.3) is 4.47 Å². The summed E-state index contributed by atoms with van der Waals surface area (Å²) in [4.78, 5) is 4.58. The Morgan fingerprint density at radius 1 is 1.00 bits per heavy atom. The molecule has 3 rings (SSSR count). The first-order chi connectivity index (χ1) is 7.93. The normalized spacial score (nSPS) is 15.2. The fourth-order valence-corrected chi connectivity index (χ4v) is 7.55. The summed E-state index contributed by atoms with van der Waals surface area (Å²) in [6.07, 6.45) is 6.69. The van der Waals surface area contributed by atoms with Gasteiger partial charge in [-0.3, -0.25) is 0 Å². The van der Waals surface area contributed by atoms with Crippen molar-refractivity contribution in [2.45, 2.75) is 0 Å². The topological polar surface area (TPSA) is 3.24 Å². The van der Waals surface area contributed by atoms with E-state index in [4.69, 9.17) is 0 Å². The van der Waals surface area contributed by atoms with E-state index in [1.165, 1.54) is 4.56 Å². The van der Waals surface area contributed by atoms with E-state index < -0.39 is 0 Å². The number of allylic oxidation sites excluding steroid dienone is 2. The van der Waals surface area contributed by atoms with E-state index in [9.17, 15) is 0 Å². The molecule has 1 aliphatic heterocycles. The maximum atomic E-state index is 2.44. The first-order valence-electron chi connectivity index (χ1n) is 4.86. The third kappa shape index (κ3) is 2.24. The first kappa shape index (κ1) is 10.9. The van der Waals surface area contributed by atoms with Crippen LogP contribution in [0.15, 0.2) is 52.5 Å². The van der Waals surface area contributed by atoms with Gasteiger partial charge in [-0.1, -0.05) is 0 Å². The Labute approximate surface area is 113 Å².